The lowest BCUT2D eigenvalue weighted by atomic mass is 9.76. The number of hydrogen-bond acceptors (Lipinski definition) is 9. The molecule has 1 spiro atoms. The topological polar surface area (TPSA) is 127 Å². The van der Waals surface area contributed by atoms with Crippen LogP contribution in [0.25, 0.3) is 5.82 Å². The van der Waals surface area contributed by atoms with Gasteiger partial charge in [0, 0.05) is 30.4 Å². The molecule has 0 saturated carbocycles. The summed E-state index contributed by atoms with van der Waals surface area (Å²) in [5, 5.41) is 21.7. The first-order chi connectivity index (χ1) is 15.4. The van der Waals surface area contributed by atoms with Gasteiger partial charge in [-0.3, -0.25) is 4.79 Å². The molecule has 5 heterocycles. The van der Waals surface area contributed by atoms with Crippen LogP contribution < -0.4 is 0 Å². The van der Waals surface area contributed by atoms with Gasteiger partial charge in [-0.25, -0.2) is 9.78 Å². The van der Waals surface area contributed by atoms with Gasteiger partial charge in [0.25, 0.3) is 0 Å². The molecule has 0 aromatic carbocycles. The van der Waals surface area contributed by atoms with Crippen molar-refractivity contribution in [2.75, 3.05) is 26.2 Å². The van der Waals surface area contributed by atoms with E-state index in [0.29, 0.717) is 18.1 Å². The van der Waals surface area contributed by atoms with Crippen LogP contribution >= 0.6 is 0 Å². The number of cyclic esters (lactones) is 1. The van der Waals surface area contributed by atoms with Crippen molar-refractivity contribution in [2.24, 2.45) is 5.41 Å². The Kier molecular flexibility index (Phi) is 5.22. The number of esters is 1. The van der Waals surface area contributed by atoms with Crippen LogP contribution in [0, 0.1) is 5.41 Å². The Morgan fingerprint density at radius 3 is 2.72 bits per heavy atom. The Morgan fingerprint density at radius 2 is 2.09 bits per heavy atom. The molecule has 168 valence electrons. The number of aliphatic hydroxyl groups is 1. The third-order valence-corrected chi connectivity index (χ3v) is 6.74. The number of pyridine rings is 1. The number of amides is 1. The van der Waals surface area contributed by atoms with Gasteiger partial charge in [-0.1, -0.05) is 6.07 Å². The molecule has 2 aromatic rings. The molecule has 1 amide bonds. The highest BCUT2D eigenvalue weighted by Gasteiger charge is 2.52. The second kappa shape index (κ2) is 8.06. The van der Waals surface area contributed by atoms with Crippen LogP contribution in [0.15, 0.2) is 36.4 Å². The highest BCUT2D eigenvalue weighted by atomic mass is 16.5. The minimum atomic E-state index is -0.680. The summed E-state index contributed by atoms with van der Waals surface area (Å²) in [5.41, 5.74) is 0.985. The van der Waals surface area contributed by atoms with Gasteiger partial charge in [0.1, 0.15) is 12.9 Å². The maximum Gasteiger partial charge on any atom is 0.333 e. The molecular formula is C21H25N7O4. The zero-order valence-electron chi connectivity index (χ0n) is 17.8. The van der Waals surface area contributed by atoms with Crippen LogP contribution in [0.3, 0.4) is 0 Å². The van der Waals surface area contributed by atoms with E-state index in [1.54, 1.807) is 17.2 Å². The predicted molar refractivity (Wildman–Crippen MR) is 110 cm³/mol. The molecule has 3 aliphatic rings. The second-order valence-corrected chi connectivity index (χ2v) is 8.77. The first-order valence-corrected chi connectivity index (χ1v) is 10.8. The van der Waals surface area contributed by atoms with Crippen molar-refractivity contribution in [1.82, 2.24) is 35.0 Å². The molecule has 0 unspecified atom stereocenters. The summed E-state index contributed by atoms with van der Waals surface area (Å²) < 4.78 is 6.46. The predicted octanol–water partition coefficient (Wildman–Crippen LogP) is 0.234. The Hall–Kier alpha value is -3.18. The number of carbonyl (C=O) groups excluding carboxylic acids is 2. The van der Waals surface area contributed by atoms with Crippen molar-refractivity contribution < 1.29 is 19.4 Å². The van der Waals surface area contributed by atoms with E-state index >= 15 is 0 Å². The van der Waals surface area contributed by atoms with Gasteiger partial charge in [0.05, 0.1) is 17.2 Å². The molecule has 0 bridgehead atoms. The molecule has 2 fully saturated rings. The average Bonchev–Trinajstić information content (AvgIpc) is 3.52. The van der Waals surface area contributed by atoms with Gasteiger partial charge in [-0.15, -0.1) is 5.10 Å². The van der Waals surface area contributed by atoms with Gasteiger partial charge in [0.2, 0.25) is 5.91 Å². The summed E-state index contributed by atoms with van der Waals surface area (Å²) in [6.07, 6.45) is 6.08. The van der Waals surface area contributed by atoms with Crippen molar-refractivity contribution >= 4 is 11.9 Å². The summed E-state index contributed by atoms with van der Waals surface area (Å²) in [6.45, 7) is 4.13. The zero-order valence-corrected chi connectivity index (χ0v) is 17.8. The standard InChI is InChI=1S/C21H25N7O4/c1-14-9-21(20(31)28(14)16-8-19(30)32-12-16)4-6-26(7-5-21)11-17(29)15-2-3-18(22-10-15)27-13-23-24-25-27/h2-3,8,10,13-14,17,29H,4-7,9,11-12H2,1H3/t14-,17+/m1/s1. The third-order valence-electron chi connectivity index (χ3n) is 6.74. The summed E-state index contributed by atoms with van der Waals surface area (Å²) >= 11 is 0. The first-order valence-electron chi connectivity index (χ1n) is 10.8. The minimum Gasteiger partial charge on any atom is -0.456 e. The van der Waals surface area contributed by atoms with Crippen molar-refractivity contribution in [3.63, 3.8) is 0 Å². The van der Waals surface area contributed by atoms with Gasteiger partial charge in [0.15, 0.2) is 5.82 Å². The number of carbonyl (C=O) groups is 2. The molecule has 1 N–H and O–H groups in total. The Labute approximate surface area is 184 Å². The highest BCUT2D eigenvalue weighted by Crippen LogP contribution is 2.46. The Bertz CT molecular complexity index is 1030. The molecule has 0 radical (unpaired) electrons. The molecule has 32 heavy (non-hydrogen) atoms. The lowest BCUT2D eigenvalue weighted by molar-refractivity contribution is -0.139. The normalized spacial score (nSPS) is 24.1. The summed E-state index contributed by atoms with van der Waals surface area (Å²) in [4.78, 5) is 33.0. The van der Waals surface area contributed by atoms with Crippen LogP contribution in [0.2, 0.25) is 0 Å². The minimum absolute atomic E-state index is 0.0464. The summed E-state index contributed by atoms with van der Waals surface area (Å²) in [5.74, 6) is 0.288. The maximum atomic E-state index is 13.3. The molecule has 2 atom stereocenters. The first kappa shape index (κ1) is 20.7. The monoisotopic (exact) mass is 439 g/mol. The number of rotatable bonds is 5. The molecule has 11 heteroatoms. The van der Waals surface area contributed by atoms with E-state index < -0.39 is 11.5 Å². The number of β-amino-alcohol motifs (C(OH)–C–C–N with tert-alkyl or cyclic N) is 1. The summed E-state index contributed by atoms with van der Waals surface area (Å²) in [6, 6.07) is 3.63. The number of aliphatic hydroxyl groups excluding tert-OH is 1. The molecular weight excluding hydrogens is 414 g/mol. The van der Waals surface area contributed by atoms with Crippen LogP contribution in [0.4, 0.5) is 0 Å². The van der Waals surface area contributed by atoms with E-state index in [1.807, 2.05) is 13.0 Å². The second-order valence-electron chi connectivity index (χ2n) is 8.77. The lowest BCUT2D eigenvalue weighted by Crippen LogP contribution is -2.45. The van der Waals surface area contributed by atoms with Gasteiger partial charge < -0.3 is 19.6 Å². The molecule has 11 nitrogen and oxygen atoms in total. The number of ether oxygens (including phenoxy) is 1. The van der Waals surface area contributed by atoms with Gasteiger partial charge in [-0.2, -0.15) is 4.68 Å². The smallest absolute Gasteiger partial charge is 0.333 e. The number of likely N-dealkylation sites (tertiary alicyclic amines) is 2. The van der Waals surface area contributed by atoms with E-state index in [-0.39, 0.29) is 24.5 Å². The molecule has 2 saturated heterocycles. The highest BCUT2D eigenvalue weighted by molar-refractivity contribution is 5.91. The lowest BCUT2D eigenvalue weighted by Gasteiger charge is -2.38. The fourth-order valence-electron chi connectivity index (χ4n) is 5.04. The SMILES string of the molecule is C[C@@H]1CC2(CCN(C[C@H](O)c3ccc(-n4cnnn4)nc3)CC2)C(=O)N1C1=CC(=O)OC1. The number of nitrogens with zero attached hydrogens (tertiary/aromatic N) is 7. The zero-order chi connectivity index (χ0) is 22.3. The van der Waals surface area contributed by atoms with E-state index in [9.17, 15) is 14.7 Å². The van der Waals surface area contributed by atoms with Crippen molar-refractivity contribution in [1.29, 1.82) is 0 Å². The number of hydrogen-bond donors (Lipinski definition) is 1. The van der Waals surface area contributed by atoms with Gasteiger partial charge >= 0.3 is 5.97 Å². The van der Waals surface area contributed by atoms with Crippen LogP contribution in [0.1, 0.15) is 37.9 Å². The van der Waals surface area contributed by atoms with E-state index in [2.05, 4.69) is 25.4 Å². The maximum absolute atomic E-state index is 13.3. The van der Waals surface area contributed by atoms with Crippen LogP contribution in [0.5, 0.6) is 0 Å². The quantitative estimate of drug-likeness (QED) is 0.652. The molecule has 5 rings (SSSR count). The van der Waals surface area contributed by atoms with Crippen LogP contribution in [-0.4, -0.2) is 84.3 Å². The van der Waals surface area contributed by atoms with Crippen molar-refractivity contribution in [3.05, 3.63) is 42.0 Å². The number of piperidine rings is 1. The fraction of sp³-hybridized carbons (Fsp3) is 0.524. The Morgan fingerprint density at radius 1 is 1.28 bits per heavy atom. The van der Waals surface area contributed by atoms with E-state index in [0.717, 1.165) is 37.9 Å². The molecule has 2 aromatic heterocycles. The average molecular weight is 439 g/mol. The van der Waals surface area contributed by atoms with Gasteiger partial charge in [-0.05, 0) is 55.8 Å². The number of aromatic nitrogens is 5. The Balaban J connectivity index is 1.19. The van der Waals surface area contributed by atoms with Crippen molar-refractivity contribution in [3.8, 4) is 5.82 Å². The van der Waals surface area contributed by atoms with Crippen LogP contribution in [-0.2, 0) is 14.3 Å². The largest absolute Gasteiger partial charge is 0.456 e. The fourth-order valence-corrected chi connectivity index (χ4v) is 5.04. The summed E-state index contributed by atoms with van der Waals surface area (Å²) in [7, 11) is 0. The number of tetrazole rings is 1. The van der Waals surface area contributed by atoms with Crippen molar-refractivity contribution in [2.45, 2.75) is 38.3 Å². The third kappa shape index (κ3) is 3.67. The molecule has 3 aliphatic heterocycles. The van der Waals surface area contributed by atoms with E-state index in [1.165, 1.54) is 17.1 Å². The van der Waals surface area contributed by atoms with E-state index in [4.69, 9.17) is 4.74 Å². The molecule has 0 aliphatic carbocycles.